The highest BCUT2D eigenvalue weighted by atomic mass is 16.5. The number of aromatic nitrogens is 2. The molecule has 0 saturated heterocycles. The summed E-state index contributed by atoms with van der Waals surface area (Å²) >= 11 is 0. The topological polar surface area (TPSA) is 68.3 Å². The Morgan fingerprint density at radius 2 is 1.45 bits per heavy atom. The van der Waals surface area contributed by atoms with E-state index in [1.165, 1.54) is 0 Å². The summed E-state index contributed by atoms with van der Waals surface area (Å²) in [5, 5.41) is 6.77. The largest absolute Gasteiger partial charge is 0.497 e. The first-order valence-electron chi connectivity index (χ1n) is 10.9. The van der Waals surface area contributed by atoms with E-state index < -0.39 is 0 Å². The molecule has 6 nitrogen and oxygen atoms in total. The zero-order valence-corrected chi connectivity index (χ0v) is 19.1. The fourth-order valence-electron chi connectivity index (χ4n) is 3.83. The molecular weight excluding hydrogens is 412 g/mol. The van der Waals surface area contributed by atoms with E-state index in [2.05, 4.69) is 22.5 Å². The normalized spacial score (nSPS) is 11.5. The van der Waals surface area contributed by atoms with Crippen LogP contribution >= 0.6 is 0 Å². The smallest absolute Gasteiger partial charge is 0.229 e. The van der Waals surface area contributed by atoms with Gasteiger partial charge in [0.15, 0.2) is 0 Å². The summed E-state index contributed by atoms with van der Waals surface area (Å²) in [5.74, 6) is 2.86. The standard InChI is InChI=1S/C27H28N4O2/c1-4-22(23-17-21(32-2)15-16-25(23)33-3)24-18-28-27(30-20-13-9-6-10-14-20)31-26(24)29-19-11-7-5-8-12-19/h5-18,22H,4H2,1-3H3,(H2,28,29,30,31). The van der Waals surface area contributed by atoms with Crippen LogP contribution in [0, 0.1) is 0 Å². The Balaban J connectivity index is 1.78. The average molecular weight is 441 g/mol. The zero-order chi connectivity index (χ0) is 23.0. The molecule has 2 N–H and O–H groups in total. The maximum atomic E-state index is 5.68. The van der Waals surface area contributed by atoms with Gasteiger partial charge in [-0.3, -0.25) is 0 Å². The Morgan fingerprint density at radius 1 is 0.788 bits per heavy atom. The van der Waals surface area contributed by atoms with Gasteiger partial charge in [0.1, 0.15) is 17.3 Å². The molecule has 0 spiro atoms. The van der Waals surface area contributed by atoms with Crippen LogP contribution in [0.2, 0.25) is 0 Å². The van der Waals surface area contributed by atoms with Crippen LogP contribution < -0.4 is 20.1 Å². The summed E-state index contributed by atoms with van der Waals surface area (Å²) in [6.07, 6.45) is 2.72. The fourth-order valence-corrected chi connectivity index (χ4v) is 3.83. The average Bonchev–Trinajstić information content (AvgIpc) is 2.87. The number of benzene rings is 3. The second kappa shape index (κ2) is 10.5. The predicted molar refractivity (Wildman–Crippen MR) is 133 cm³/mol. The van der Waals surface area contributed by atoms with Crippen LogP contribution in [0.3, 0.4) is 0 Å². The fraction of sp³-hybridized carbons (Fsp3) is 0.185. The Bertz CT molecular complexity index is 1180. The summed E-state index contributed by atoms with van der Waals surface area (Å²) in [5.41, 5.74) is 3.89. The summed E-state index contributed by atoms with van der Waals surface area (Å²) in [6.45, 7) is 2.14. The van der Waals surface area contributed by atoms with Gasteiger partial charge in [0.25, 0.3) is 0 Å². The first kappa shape index (κ1) is 22.1. The van der Waals surface area contributed by atoms with Gasteiger partial charge >= 0.3 is 0 Å². The molecule has 6 heteroatoms. The Kier molecular flexibility index (Phi) is 7.05. The minimum Gasteiger partial charge on any atom is -0.497 e. The third kappa shape index (κ3) is 5.23. The Hall–Kier alpha value is -4.06. The van der Waals surface area contributed by atoms with Crippen molar-refractivity contribution in [2.75, 3.05) is 24.9 Å². The number of rotatable bonds is 9. The van der Waals surface area contributed by atoms with Crippen molar-refractivity contribution in [1.82, 2.24) is 9.97 Å². The Labute approximate surface area is 194 Å². The number of hydrogen-bond donors (Lipinski definition) is 2. The van der Waals surface area contributed by atoms with Crippen molar-refractivity contribution in [3.63, 3.8) is 0 Å². The molecule has 0 aliphatic carbocycles. The molecule has 1 aromatic heterocycles. The molecule has 1 atom stereocenters. The van der Waals surface area contributed by atoms with Crippen LogP contribution in [0.4, 0.5) is 23.1 Å². The molecule has 0 bridgehead atoms. The van der Waals surface area contributed by atoms with Gasteiger partial charge < -0.3 is 20.1 Å². The molecule has 1 unspecified atom stereocenters. The summed E-state index contributed by atoms with van der Waals surface area (Å²) < 4.78 is 11.2. The first-order chi connectivity index (χ1) is 16.2. The van der Waals surface area contributed by atoms with Crippen molar-refractivity contribution in [1.29, 1.82) is 0 Å². The Morgan fingerprint density at radius 3 is 2.06 bits per heavy atom. The molecule has 168 valence electrons. The van der Waals surface area contributed by atoms with E-state index >= 15 is 0 Å². The van der Waals surface area contributed by atoms with Crippen LogP contribution in [0.5, 0.6) is 11.5 Å². The van der Waals surface area contributed by atoms with Crippen LogP contribution in [-0.2, 0) is 0 Å². The molecule has 0 fully saturated rings. The van der Waals surface area contributed by atoms with Gasteiger partial charge in [-0.15, -0.1) is 0 Å². The van der Waals surface area contributed by atoms with Crippen LogP contribution in [0.15, 0.2) is 85.1 Å². The van der Waals surface area contributed by atoms with E-state index in [0.717, 1.165) is 46.2 Å². The van der Waals surface area contributed by atoms with Crippen LogP contribution in [0.1, 0.15) is 30.4 Å². The van der Waals surface area contributed by atoms with Gasteiger partial charge in [-0.2, -0.15) is 4.98 Å². The lowest BCUT2D eigenvalue weighted by Gasteiger charge is -2.22. The number of nitrogens with zero attached hydrogens (tertiary/aromatic N) is 2. The SMILES string of the molecule is CCC(c1cc(OC)ccc1OC)c1cnc(Nc2ccccc2)nc1Nc1ccccc1. The molecule has 4 rings (SSSR count). The quantitative estimate of drug-likeness (QED) is 0.309. The molecule has 0 radical (unpaired) electrons. The van der Waals surface area contributed by atoms with Crippen molar-refractivity contribution in [2.45, 2.75) is 19.3 Å². The summed E-state index contributed by atoms with van der Waals surface area (Å²) in [7, 11) is 3.35. The van der Waals surface area contributed by atoms with Gasteiger partial charge in [-0.05, 0) is 48.9 Å². The van der Waals surface area contributed by atoms with Crippen molar-refractivity contribution in [3.8, 4) is 11.5 Å². The van der Waals surface area contributed by atoms with Gasteiger partial charge in [0.2, 0.25) is 5.95 Å². The van der Waals surface area contributed by atoms with E-state index in [9.17, 15) is 0 Å². The highest BCUT2D eigenvalue weighted by molar-refractivity contribution is 5.64. The highest BCUT2D eigenvalue weighted by Gasteiger charge is 2.23. The lowest BCUT2D eigenvalue weighted by molar-refractivity contribution is 0.396. The third-order valence-electron chi connectivity index (χ3n) is 5.48. The second-order valence-corrected chi connectivity index (χ2v) is 7.55. The zero-order valence-electron chi connectivity index (χ0n) is 19.1. The lowest BCUT2D eigenvalue weighted by atomic mass is 9.89. The summed E-state index contributed by atoms with van der Waals surface area (Å²) in [4.78, 5) is 9.48. The minimum atomic E-state index is 0.00652. The molecule has 3 aromatic carbocycles. The minimum absolute atomic E-state index is 0.00652. The maximum Gasteiger partial charge on any atom is 0.229 e. The molecule has 4 aromatic rings. The first-order valence-corrected chi connectivity index (χ1v) is 10.9. The number of hydrogen-bond acceptors (Lipinski definition) is 6. The van der Waals surface area contributed by atoms with Crippen molar-refractivity contribution < 1.29 is 9.47 Å². The van der Waals surface area contributed by atoms with Gasteiger partial charge in [0, 0.05) is 34.6 Å². The van der Waals surface area contributed by atoms with E-state index in [0.29, 0.717) is 5.95 Å². The molecule has 0 saturated carbocycles. The molecule has 1 heterocycles. The van der Waals surface area contributed by atoms with Gasteiger partial charge in [-0.25, -0.2) is 4.98 Å². The number of ether oxygens (including phenoxy) is 2. The number of nitrogens with one attached hydrogen (secondary N) is 2. The van der Waals surface area contributed by atoms with Crippen molar-refractivity contribution in [2.24, 2.45) is 0 Å². The highest BCUT2D eigenvalue weighted by Crippen LogP contribution is 2.39. The monoisotopic (exact) mass is 440 g/mol. The molecular formula is C27H28N4O2. The van der Waals surface area contributed by atoms with Crippen LogP contribution in [0.25, 0.3) is 0 Å². The third-order valence-corrected chi connectivity index (χ3v) is 5.48. The van der Waals surface area contributed by atoms with E-state index in [4.69, 9.17) is 14.5 Å². The number of anilines is 4. The molecule has 0 aliphatic rings. The van der Waals surface area contributed by atoms with Crippen molar-refractivity contribution >= 4 is 23.1 Å². The van der Waals surface area contributed by atoms with Crippen LogP contribution in [-0.4, -0.2) is 24.2 Å². The number of methoxy groups -OCH3 is 2. The molecule has 0 aliphatic heterocycles. The van der Waals surface area contributed by atoms with E-state index in [-0.39, 0.29) is 5.92 Å². The molecule has 33 heavy (non-hydrogen) atoms. The lowest BCUT2D eigenvalue weighted by Crippen LogP contribution is -2.10. The summed E-state index contributed by atoms with van der Waals surface area (Å²) in [6, 6.07) is 25.8. The molecule has 0 amide bonds. The van der Waals surface area contributed by atoms with Crippen molar-refractivity contribution in [3.05, 3.63) is 96.2 Å². The van der Waals surface area contributed by atoms with E-state index in [1.54, 1.807) is 14.2 Å². The second-order valence-electron chi connectivity index (χ2n) is 7.55. The predicted octanol–water partition coefficient (Wildman–Crippen LogP) is 6.52. The number of para-hydroxylation sites is 2. The maximum absolute atomic E-state index is 5.68. The van der Waals surface area contributed by atoms with Gasteiger partial charge in [0.05, 0.1) is 14.2 Å². The van der Waals surface area contributed by atoms with E-state index in [1.807, 2.05) is 85.1 Å². The van der Waals surface area contributed by atoms with Gasteiger partial charge in [-0.1, -0.05) is 43.3 Å².